The van der Waals surface area contributed by atoms with Crippen molar-refractivity contribution >= 4 is 40.3 Å². The van der Waals surface area contributed by atoms with Crippen molar-refractivity contribution in [3.63, 3.8) is 0 Å². The van der Waals surface area contributed by atoms with Crippen LogP contribution in [0.15, 0.2) is 54.7 Å². The topological polar surface area (TPSA) is 76.9 Å². The minimum Gasteiger partial charge on any atom is -0.381 e. The Bertz CT molecular complexity index is 1250. The molecule has 0 radical (unpaired) electrons. The third-order valence-electron chi connectivity index (χ3n) is 5.78. The highest BCUT2D eigenvalue weighted by atomic mass is 35.5. The van der Waals surface area contributed by atoms with Gasteiger partial charge in [0.2, 0.25) is 11.9 Å². The van der Waals surface area contributed by atoms with E-state index < -0.39 is 0 Å². The molecule has 2 N–H and O–H groups in total. The molecule has 3 heterocycles. The number of imidazole rings is 1. The van der Waals surface area contributed by atoms with E-state index in [1.54, 1.807) is 6.20 Å². The van der Waals surface area contributed by atoms with Crippen LogP contribution in [0.25, 0.3) is 16.9 Å². The Hall–Kier alpha value is -3.16. The van der Waals surface area contributed by atoms with Gasteiger partial charge in [0.25, 0.3) is 0 Å². The average molecular weight is 449 g/mol. The molecule has 1 saturated heterocycles. The van der Waals surface area contributed by atoms with Crippen LogP contribution in [-0.4, -0.2) is 38.3 Å². The number of hydrogen-bond acceptors (Lipinski definition) is 6. The molecule has 164 valence electrons. The molecule has 8 heteroatoms. The molecule has 7 nitrogen and oxygen atoms in total. The van der Waals surface area contributed by atoms with Crippen LogP contribution in [0.5, 0.6) is 0 Å². The van der Waals surface area contributed by atoms with Crippen LogP contribution in [0.2, 0.25) is 5.02 Å². The second kappa shape index (κ2) is 8.41. The van der Waals surface area contributed by atoms with Gasteiger partial charge >= 0.3 is 0 Å². The van der Waals surface area contributed by atoms with Gasteiger partial charge in [-0.1, -0.05) is 35.4 Å². The Morgan fingerprint density at radius 2 is 1.84 bits per heavy atom. The second-order valence-corrected chi connectivity index (χ2v) is 8.88. The van der Waals surface area contributed by atoms with Gasteiger partial charge in [0.1, 0.15) is 5.52 Å². The van der Waals surface area contributed by atoms with Crippen LogP contribution in [0.3, 0.4) is 0 Å². The lowest BCUT2D eigenvalue weighted by molar-refractivity contribution is 0.0656. The number of fused-ring (bicyclic) bond motifs is 1. The Morgan fingerprint density at radius 3 is 2.59 bits per heavy atom. The van der Waals surface area contributed by atoms with E-state index in [0.29, 0.717) is 22.4 Å². The van der Waals surface area contributed by atoms with Crippen LogP contribution in [0.4, 0.5) is 17.6 Å². The summed E-state index contributed by atoms with van der Waals surface area (Å²) in [6.45, 7) is 5.73. The largest absolute Gasteiger partial charge is 0.381 e. The monoisotopic (exact) mass is 448 g/mol. The molecular weight excluding hydrogens is 424 g/mol. The maximum absolute atomic E-state index is 6.18. The molecule has 1 aliphatic rings. The van der Waals surface area contributed by atoms with Crippen LogP contribution >= 0.6 is 11.6 Å². The van der Waals surface area contributed by atoms with Gasteiger partial charge in [-0.25, -0.2) is 9.97 Å². The van der Waals surface area contributed by atoms with Crippen LogP contribution in [0, 0.1) is 6.92 Å². The van der Waals surface area contributed by atoms with Gasteiger partial charge in [-0.3, -0.25) is 4.57 Å². The zero-order chi connectivity index (χ0) is 22.1. The number of anilines is 3. The van der Waals surface area contributed by atoms with E-state index in [-0.39, 0.29) is 5.54 Å². The van der Waals surface area contributed by atoms with Crippen molar-refractivity contribution in [2.45, 2.75) is 32.2 Å². The number of aryl methyl sites for hydroxylation is 1. The first-order chi connectivity index (χ1) is 15.5. The van der Waals surface area contributed by atoms with Gasteiger partial charge in [0.15, 0.2) is 5.65 Å². The standard InChI is InChI=1S/C24H25ClN6O/c1-16-6-8-19(9-7-16)31-21-20(28-23(31)27-18-5-3-4-17(25)14-18)15-26-22(29-21)30-24(2)10-12-32-13-11-24/h3-9,14-15H,10-13H2,1-2H3,(H,27,28)(H,26,29,30). The van der Waals surface area contributed by atoms with Crippen molar-refractivity contribution in [1.82, 2.24) is 19.5 Å². The van der Waals surface area contributed by atoms with Gasteiger partial charge in [-0.2, -0.15) is 4.98 Å². The van der Waals surface area contributed by atoms with Gasteiger partial charge in [-0.15, -0.1) is 0 Å². The molecule has 2 aromatic heterocycles. The third-order valence-corrected chi connectivity index (χ3v) is 6.02. The zero-order valence-corrected chi connectivity index (χ0v) is 18.9. The van der Waals surface area contributed by atoms with E-state index in [2.05, 4.69) is 53.7 Å². The van der Waals surface area contributed by atoms with Crippen LogP contribution in [-0.2, 0) is 4.74 Å². The fourth-order valence-corrected chi connectivity index (χ4v) is 4.06. The van der Waals surface area contributed by atoms with E-state index in [4.69, 9.17) is 26.3 Å². The maximum Gasteiger partial charge on any atom is 0.225 e. The zero-order valence-electron chi connectivity index (χ0n) is 18.1. The average Bonchev–Trinajstić information content (AvgIpc) is 3.11. The van der Waals surface area contributed by atoms with Gasteiger partial charge < -0.3 is 15.4 Å². The van der Waals surface area contributed by atoms with Crippen molar-refractivity contribution in [3.8, 4) is 5.69 Å². The fraction of sp³-hybridized carbons (Fsp3) is 0.292. The molecule has 0 atom stereocenters. The van der Waals surface area contributed by atoms with Gasteiger partial charge in [0, 0.05) is 29.5 Å². The molecule has 2 aromatic carbocycles. The molecule has 1 fully saturated rings. The first-order valence-corrected chi connectivity index (χ1v) is 11.1. The second-order valence-electron chi connectivity index (χ2n) is 8.44. The third kappa shape index (κ3) is 4.26. The Labute approximate surface area is 191 Å². The number of rotatable bonds is 5. The number of aromatic nitrogens is 4. The number of hydrogen-bond donors (Lipinski definition) is 2. The van der Waals surface area contributed by atoms with E-state index in [9.17, 15) is 0 Å². The molecule has 0 spiro atoms. The Balaban J connectivity index is 1.59. The summed E-state index contributed by atoms with van der Waals surface area (Å²) in [6, 6.07) is 15.8. The molecule has 0 aliphatic carbocycles. The quantitative estimate of drug-likeness (QED) is 0.419. The highest BCUT2D eigenvalue weighted by Gasteiger charge is 2.28. The summed E-state index contributed by atoms with van der Waals surface area (Å²) in [7, 11) is 0. The molecule has 4 aromatic rings. The van der Waals surface area contributed by atoms with Crippen molar-refractivity contribution in [1.29, 1.82) is 0 Å². The first kappa shape index (κ1) is 20.7. The lowest BCUT2D eigenvalue weighted by atomic mass is 9.93. The summed E-state index contributed by atoms with van der Waals surface area (Å²) in [6.07, 6.45) is 3.58. The number of nitrogens with zero attached hydrogens (tertiary/aromatic N) is 4. The van der Waals surface area contributed by atoms with Crippen molar-refractivity contribution in [2.24, 2.45) is 0 Å². The van der Waals surface area contributed by atoms with Crippen LogP contribution in [0.1, 0.15) is 25.3 Å². The highest BCUT2D eigenvalue weighted by molar-refractivity contribution is 6.30. The maximum atomic E-state index is 6.18. The summed E-state index contributed by atoms with van der Waals surface area (Å²) in [5.41, 5.74) is 4.34. The minimum absolute atomic E-state index is 0.0947. The van der Waals surface area contributed by atoms with E-state index in [1.165, 1.54) is 5.56 Å². The van der Waals surface area contributed by atoms with Crippen molar-refractivity contribution in [2.75, 3.05) is 23.8 Å². The molecule has 0 amide bonds. The molecule has 1 aliphatic heterocycles. The fourth-order valence-electron chi connectivity index (χ4n) is 3.87. The van der Waals surface area contributed by atoms with Crippen LogP contribution < -0.4 is 10.6 Å². The Kier molecular flexibility index (Phi) is 5.45. The summed E-state index contributed by atoms with van der Waals surface area (Å²) < 4.78 is 7.52. The van der Waals surface area contributed by atoms with Gasteiger partial charge in [-0.05, 0) is 57.0 Å². The lowest BCUT2D eigenvalue weighted by Gasteiger charge is -2.34. The SMILES string of the molecule is Cc1ccc(-n2c(Nc3cccc(Cl)c3)nc3cnc(NC4(C)CCOCC4)nc32)cc1. The van der Waals surface area contributed by atoms with Gasteiger partial charge in [0.05, 0.1) is 11.9 Å². The molecule has 0 saturated carbocycles. The molecule has 0 bridgehead atoms. The number of ether oxygens (including phenoxy) is 1. The smallest absolute Gasteiger partial charge is 0.225 e. The number of halogens is 1. The van der Waals surface area contributed by atoms with Crippen molar-refractivity contribution < 1.29 is 4.74 Å². The summed E-state index contributed by atoms with van der Waals surface area (Å²) in [4.78, 5) is 14.2. The molecular formula is C24H25ClN6O. The van der Waals surface area contributed by atoms with E-state index in [1.807, 2.05) is 28.8 Å². The normalized spacial score (nSPS) is 15.6. The minimum atomic E-state index is -0.0947. The Morgan fingerprint density at radius 1 is 1.06 bits per heavy atom. The predicted octanol–water partition coefficient (Wildman–Crippen LogP) is 5.50. The summed E-state index contributed by atoms with van der Waals surface area (Å²) in [5, 5.41) is 7.57. The number of benzene rings is 2. The van der Waals surface area contributed by atoms with Crippen molar-refractivity contribution in [3.05, 3.63) is 65.3 Å². The van der Waals surface area contributed by atoms with E-state index in [0.717, 1.165) is 43.1 Å². The lowest BCUT2D eigenvalue weighted by Crippen LogP contribution is -2.41. The molecule has 5 rings (SSSR count). The molecule has 0 unspecified atom stereocenters. The molecule has 32 heavy (non-hydrogen) atoms. The summed E-state index contributed by atoms with van der Waals surface area (Å²) >= 11 is 6.18. The first-order valence-electron chi connectivity index (χ1n) is 10.7. The predicted molar refractivity (Wildman–Crippen MR) is 128 cm³/mol. The van der Waals surface area contributed by atoms with E-state index >= 15 is 0 Å². The highest BCUT2D eigenvalue weighted by Crippen LogP contribution is 2.29. The number of nitrogens with one attached hydrogen (secondary N) is 2. The summed E-state index contributed by atoms with van der Waals surface area (Å²) in [5.74, 6) is 1.24.